The van der Waals surface area contributed by atoms with Crippen molar-refractivity contribution >= 4 is 11.5 Å². The van der Waals surface area contributed by atoms with Crippen LogP contribution in [0.25, 0.3) is 0 Å². The van der Waals surface area contributed by atoms with E-state index in [1.165, 1.54) is 16.9 Å². The third kappa shape index (κ3) is 2.06. The monoisotopic (exact) mass is 315 g/mol. The molecule has 0 atom stereocenters. The molecule has 2 heteroatoms. The Balaban J connectivity index is 1.72. The zero-order chi connectivity index (χ0) is 16.9. The van der Waals surface area contributed by atoms with Gasteiger partial charge in [0.25, 0.3) is 0 Å². The molecule has 2 nitrogen and oxygen atoms in total. The molecular weight excluding hydrogens is 294 g/mol. The molecule has 4 rings (SSSR count). The number of allylic oxidation sites excluding steroid dienone is 4. The average Bonchev–Trinajstić information content (AvgIpc) is 3.00. The van der Waals surface area contributed by atoms with Crippen LogP contribution in [0.1, 0.15) is 35.3 Å². The third-order valence-electron chi connectivity index (χ3n) is 5.32. The summed E-state index contributed by atoms with van der Waals surface area (Å²) in [5.41, 5.74) is 6.60. The van der Waals surface area contributed by atoms with Crippen molar-refractivity contribution in [2.24, 2.45) is 0 Å². The van der Waals surface area contributed by atoms with Crippen molar-refractivity contribution in [3.63, 3.8) is 0 Å². The number of para-hydroxylation sites is 1. The van der Waals surface area contributed by atoms with Crippen LogP contribution >= 0.6 is 0 Å². The number of nitrogens with zero attached hydrogens (tertiary/aromatic N) is 1. The molecule has 0 bridgehead atoms. The van der Waals surface area contributed by atoms with Gasteiger partial charge < -0.3 is 4.90 Å². The first-order valence-electron chi connectivity index (χ1n) is 8.37. The smallest absolute Gasteiger partial charge is 0.189 e. The molecule has 0 saturated carbocycles. The molecule has 1 aliphatic heterocycles. The molecule has 0 saturated heterocycles. The fraction of sp³-hybridized carbons (Fsp3) is 0.227. The second kappa shape index (κ2) is 5.20. The first kappa shape index (κ1) is 14.9. The van der Waals surface area contributed by atoms with Gasteiger partial charge in [0.1, 0.15) is 0 Å². The maximum atomic E-state index is 12.6. The van der Waals surface area contributed by atoms with Crippen LogP contribution in [0.3, 0.4) is 0 Å². The summed E-state index contributed by atoms with van der Waals surface area (Å²) in [7, 11) is 2.10. The number of fused-ring (bicyclic) bond motifs is 2. The molecule has 24 heavy (non-hydrogen) atoms. The highest BCUT2D eigenvalue weighted by Gasteiger charge is 2.37. The van der Waals surface area contributed by atoms with Gasteiger partial charge in [-0.3, -0.25) is 4.79 Å². The fourth-order valence-corrected chi connectivity index (χ4v) is 3.97. The van der Waals surface area contributed by atoms with Crippen LogP contribution in [-0.2, 0) is 11.8 Å². The van der Waals surface area contributed by atoms with E-state index < -0.39 is 0 Å². The SMILES string of the molecule is CN1/C(=C/C=C2/Cc3ccccc3C2=O)C(C)(C)c2ccccc21. The Kier molecular flexibility index (Phi) is 3.24. The number of carbonyl (C=O) groups is 1. The minimum absolute atomic E-state index is 0.0586. The Hall–Kier alpha value is -2.61. The summed E-state index contributed by atoms with van der Waals surface area (Å²) < 4.78 is 0. The Morgan fingerprint density at radius 1 is 1.00 bits per heavy atom. The number of Topliss-reactive ketones (excluding diaryl/α,β-unsaturated/α-hetero) is 1. The number of likely N-dealkylation sites (N-methyl/N-ethyl adjacent to an activating group) is 1. The van der Waals surface area contributed by atoms with Gasteiger partial charge in [-0.05, 0) is 23.3 Å². The second-order valence-electron chi connectivity index (χ2n) is 7.11. The van der Waals surface area contributed by atoms with E-state index in [1.54, 1.807) is 0 Å². The van der Waals surface area contributed by atoms with Gasteiger partial charge in [-0.25, -0.2) is 0 Å². The van der Waals surface area contributed by atoms with E-state index in [0.29, 0.717) is 0 Å². The van der Waals surface area contributed by atoms with E-state index in [2.05, 4.69) is 56.1 Å². The van der Waals surface area contributed by atoms with Crippen LogP contribution in [0.5, 0.6) is 0 Å². The van der Waals surface area contributed by atoms with Gasteiger partial charge in [-0.1, -0.05) is 62.4 Å². The molecule has 0 N–H and O–H groups in total. The zero-order valence-electron chi connectivity index (χ0n) is 14.3. The van der Waals surface area contributed by atoms with Gasteiger partial charge in [0.05, 0.1) is 0 Å². The van der Waals surface area contributed by atoms with Crippen molar-refractivity contribution < 1.29 is 4.79 Å². The van der Waals surface area contributed by atoms with Crippen LogP contribution in [0.4, 0.5) is 5.69 Å². The topological polar surface area (TPSA) is 20.3 Å². The predicted octanol–water partition coefficient (Wildman–Crippen LogP) is 4.66. The van der Waals surface area contributed by atoms with E-state index in [1.807, 2.05) is 30.3 Å². The second-order valence-corrected chi connectivity index (χ2v) is 7.11. The number of ketones is 1. The van der Waals surface area contributed by atoms with Crippen LogP contribution in [0.2, 0.25) is 0 Å². The number of carbonyl (C=O) groups excluding carboxylic acids is 1. The van der Waals surface area contributed by atoms with Gasteiger partial charge in [0.2, 0.25) is 0 Å². The quantitative estimate of drug-likeness (QED) is 0.713. The molecule has 0 fully saturated rings. The number of rotatable bonds is 1. The summed E-state index contributed by atoms with van der Waals surface area (Å²) in [4.78, 5) is 14.8. The molecule has 0 unspecified atom stereocenters. The Bertz CT molecular complexity index is 902. The van der Waals surface area contributed by atoms with Crippen LogP contribution < -0.4 is 4.90 Å². The summed E-state index contributed by atoms with van der Waals surface area (Å²) in [6.45, 7) is 4.48. The minimum Gasteiger partial charge on any atom is -0.347 e. The summed E-state index contributed by atoms with van der Waals surface area (Å²) >= 11 is 0. The van der Waals surface area contributed by atoms with Crippen molar-refractivity contribution in [1.29, 1.82) is 0 Å². The lowest BCUT2D eigenvalue weighted by molar-refractivity contribution is 0.103. The first-order valence-corrected chi connectivity index (χ1v) is 8.37. The summed E-state index contributed by atoms with van der Waals surface area (Å²) in [5.74, 6) is 0.165. The lowest BCUT2D eigenvalue weighted by Crippen LogP contribution is -2.22. The van der Waals surface area contributed by atoms with Crippen molar-refractivity contribution in [3.8, 4) is 0 Å². The number of hydrogen-bond acceptors (Lipinski definition) is 2. The lowest BCUT2D eigenvalue weighted by atomic mass is 9.83. The molecule has 0 radical (unpaired) electrons. The first-order chi connectivity index (χ1) is 11.5. The highest BCUT2D eigenvalue weighted by Crippen LogP contribution is 2.46. The van der Waals surface area contributed by atoms with Gasteiger partial charge in [0.15, 0.2) is 5.78 Å². The minimum atomic E-state index is -0.0586. The van der Waals surface area contributed by atoms with Gasteiger partial charge in [0, 0.05) is 41.4 Å². The molecule has 0 amide bonds. The van der Waals surface area contributed by atoms with E-state index in [0.717, 1.165) is 23.1 Å². The van der Waals surface area contributed by atoms with Gasteiger partial charge >= 0.3 is 0 Å². The number of benzene rings is 2. The van der Waals surface area contributed by atoms with Crippen molar-refractivity contribution in [2.75, 3.05) is 11.9 Å². The largest absolute Gasteiger partial charge is 0.347 e. The summed E-state index contributed by atoms with van der Waals surface area (Å²) in [6.07, 6.45) is 4.87. The van der Waals surface area contributed by atoms with E-state index in [-0.39, 0.29) is 11.2 Å². The van der Waals surface area contributed by atoms with E-state index >= 15 is 0 Å². The molecule has 120 valence electrons. The summed E-state index contributed by atoms with van der Waals surface area (Å²) in [6, 6.07) is 16.4. The molecular formula is C22H21NO. The predicted molar refractivity (Wildman–Crippen MR) is 98.5 cm³/mol. The number of hydrogen-bond donors (Lipinski definition) is 0. The Morgan fingerprint density at radius 3 is 2.46 bits per heavy atom. The molecule has 2 aromatic carbocycles. The molecule has 2 aromatic rings. The molecule has 1 aliphatic carbocycles. The lowest BCUT2D eigenvalue weighted by Gasteiger charge is -2.23. The maximum absolute atomic E-state index is 12.6. The maximum Gasteiger partial charge on any atom is 0.189 e. The van der Waals surface area contributed by atoms with E-state index in [9.17, 15) is 4.79 Å². The highest BCUT2D eigenvalue weighted by molar-refractivity contribution is 6.13. The molecule has 0 spiro atoms. The normalized spacial score (nSPS) is 21.5. The van der Waals surface area contributed by atoms with Crippen LogP contribution in [-0.4, -0.2) is 12.8 Å². The van der Waals surface area contributed by atoms with Crippen LogP contribution in [0, 0.1) is 0 Å². The van der Waals surface area contributed by atoms with Crippen molar-refractivity contribution in [1.82, 2.24) is 0 Å². The Morgan fingerprint density at radius 2 is 1.71 bits per heavy atom. The standard InChI is InChI=1S/C22H21NO/c1-22(2)18-10-6-7-11-19(18)23(3)20(22)13-12-16-14-15-8-4-5-9-17(15)21(16)24/h4-13H,14H2,1-3H3/b16-12-,20-13+. The fourth-order valence-electron chi connectivity index (χ4n) is 3.97. The van der Waals surface area contributed by atoms with Gasteiger partial charge in [-0.15, -0.1) is 0 Å². The third-order valence-corrected chi connectivity index (χ3v) is 5.32. The van der Waals surface area contributed by atoms with Crippen molar-refractivity contribution in [3.05, 3.63) is 88.6 Å². The van der Waals surface area contributed by atoms with E-state index in [4.69, 9.17) is 0 Å². The Labute approximate surface area is 143 Å². The molecule has 0 aromatic heterocycles. The molecule has 1 heterocycles. The van der Waals surface area contributed by atoms with Crippen molar-refractivity contribution in [2.45, 2.75) is 25.7 Å². The summed E-state index contributed by atoms with van der Waals surface area (Å²) in [5, 5.41) is 0. The number of anilines is 1. The average molecular weight is 315 g/mol. The zero-order valence-corrected chi connectivity index (χ0v) is 14.3. The highest BCUT2D eigenvalue weighted by atomic mass is 16.1. The molecule has 2 aliphatic rings. The van der Waals surface area contributed by atoms with Crippen LogP contribution in [0.15, 0.2) is 72.0 Å². The van der Waals surface area contributed by atoms with Gasteiger partial charge in [-0.2, -0.15) is 0 Å².